The van der Waals surface area contributed by atoms with Gasteiger partial charge in [-0.05, 0) is 50.4 Å². The van der Waals surface area contributed by atoms with Gasteiger partial charge in [-0.2, -0.15) is 0 Å². The maximum absolute atomic E-state index is 12.1. The van der Waals surface area contributed by atoms with Gasteiger partial charge in [0, 0.05) is 18.7 Å². The van der Waals surface area contributed by atoms with E-state index >= 15 is 0 Å². The van der Waals surface area contributed by atoms with Crippen LogP contribution in [-0.4, -0.2) is 23.9 Å². The highest BCUT2D eigenvalue weighted by atomic mass is 16.1. The molecule has 1 saturated heterocycles. The van der Waals surface area contributed by atoms with E-state index in [4.69, 9.17) is 0 Å². The van der Waals surface area contributed by atoms with E-state index in [2.05, 4.69) is 34.5 Å². The predicted octanol–water partition coefficient (Wildman–Crippen LogP) is 4.04. The van der Waals surface area contributed by atoms with Crippen LogP contribution in [0.3, 0.4) is 0 Å². The largest absolute Gasteiger partial charge is 0.348 e. The van der Waals surface area contributed by atoms with Crippen molar-refractivity contribution in [3.05, 3.63) is 47.0 Å². The van der Waals surface area contributed by atoms with E-state index in [0.29, 0.717) is 6.54 Å². The summed E-state index contributed by atoms with van der Waals surface area (Å²) in [5, 5.41) is 3.05. The normalized spacial score (nSPS) is 16.9. The summed E-state index contributed by atoms with van der Waals surface area (Å²) in [5.41, 5.74) is 3.37. The highest BCUT2D eigenvalue weighted by Gasteiger charge is 2.12. The second-order valence-electron chi connectivity index (χ2n) is 6.44. The number of rotatable bonds is 6. The molecular formula is C20H30N2O. The van der Waals surface area contributed by atoms with Crippen LogP contribution < -0.4 is 5.32 Å². The molecule has 0 radical (unpaired) electrons. The Kier molecular flexibility index (Phi) is 7.34. The molecule has 1 amide bonds. The first kappa shape index (κ1) is 17.7. The van der Waals surface area contributed by atoms with Gasteiger partial charge in [0.15, 0.2) is 0 Å². The number of nitrogens with zero attached hydrogens (tertiary/aromatic N) is 1. The Morgan fingerprint density at radius 2 is 1.78 bits per heavy atom. The fourth-order valence-corrected chi connectivity index (χ4v) is 3.13. The summed E-state index contributed by atoms with van der Waals surface area (Å²) in [7, 11) is 0. The molecule has 126 valence electrons. The Labute approximate surface area is 140 Å². The first-order chi connectivity index (χ1) is 11.2. The molecule has 0 aromatic heterocycles. The van der Waals surface area contributed by atoms with Crippen molar-refractivity contribution in [1.29, 1.82) is 0 Å². The van der Waals surface area contributed by atoms with Gasteiger partial charge >= 0.3 is 0 Å². The van der Waals surface area contributed by atoms with Gasteiger partial charge in [0.1, 0.15) is 0 Å². The number of hydrogen-bond acceptors (Lipinski definition) is 2. The second-order valence-corrected chi connectivity index (χ2v) is 6.44. The number of hydrogen-bond donors (Lipinski definition) is 1. The lowest BCUT2D eigenvalue weighted by molar-refractivity contribution is -0.117. The topological polar surface area (TPSA) is 32.3 Å². The number of likely N-dealkylation sites (tertiary alicyclic amines) is 1. The average molecular weight is 314 g/mol. The van der Waals surface area contributed by atoms with Crippen LogP contribution in [-0.2, 0) is 17.9 Å². The molecule has 1 heterocycles. The molecule has 1 aliphatic rings. The Balaban J connectivity index is 1.97. The molecule has 0 spiro atoms. The molecule has 1 aromatic rings. The van der Waals surface area contributed by atoms with Gasteiger partial charge < -0.3 is 5.32 Å². The number of carbonyl (C=O) groups excluding carboxylic acids is 1. The number of amides is 1. The minimum absolute atomic E-state index is 0.0384. The third kappa shape index (κ3) is 5.83. The van der Waals surface area contributed by atoms with Crippen LogP contribution >= 0.6 is 0 Å². The summed E-state index contributed by atoms with van der Waals surface area (Å²) in [5.74, 6) is 0.0384. The van der Waals surface area contributed by atoms with Gasteiger partial charge in [0.25, 0.3) is 0 Å². The molecule has 0 unspecified atom stereocenters. The van der Waals surface area contributed by atoms with E-state index in [1.54, 1.807) is 0 Å². The first-order valence-electron chi connectivity index (χ1n) is 8.94. The summed E-state index contributed by atoms with van der Waals surface area (Å²) in [6.45, 7) is 7.92. The van der Waals surface area contributed by atoms with Gasteiger partial charge in [0.05, 0.1) is 0 Å². The fraction of sp³-hybridized carbons (Fsp3) is 0.550. The number of nitrogens with one attached hydrogen (secondary N) is 1. The van der Waals surface area contributed by atoms with Crippen molar-refractivity contribution in [2.45, 2.75) is 59.0 Å². The highest BCUT2D eigenvalue weighted by Crippen LogP contribution is 2.16. The van der Waals surface area contributed by atoms with Crippen LogP contribution in [0.5, 0.6) is 0 Å². The zero-order chi connectivity index (χ0) is 16.5. The molecule has 1 fully saturated rings. The van der Waals surface area contributed by atoms with Crippen molar-refractivity contribution in [2.24, 2.45) is 0 Å². The second kappa shape index (κ2) is 9.51. The summed E-state index contributed by atoms with van der Waals surface area (Å²) in [6, 6.07) is 8.48. The monoisotopic (exact) mass is 314 g/mol. The zero-order valence-corrected chi connectivity index (χ0v) is 14.6. The molecule has 3 nitrogen and oxygen atoms in total. The van der Waals surface area contributed by atoms with E-state index in [0.717, 1.165) is 18.5 Å². The molecule has 0 aliphatic carbocycles. The van der Waals surface area contributed by atoms with Crippen LogP contribution in [0.15, 0.2) is 35.9 Å². The molecule has 2 rings (SSSR count). The molecule has 1 N–H and O–H groups in total. The Bertz CT molecular complexity index is 528. The quantitative estimate of drug-likeness (QED) is 0.804. The standard InChI is InChI=1S/C20H30N2O/c1-3-10-17(2)20(23)21-15-18-11-6-7-12-19(18)16-22-13-8-4-5-9-14-22/h6-7,10-12H,3-5,8-9,13-16H2,1-2H3,(H,21,23)/b17-10-. The predicted molar refractivity (Wildman–Crippen MR) is 96.1 cm³/mol. The maximum atomic E-state index is 12.1. The molecule has 0 saturated carbocycles. The molecule has 1 aliphatic heterocycles. The van der Waals surface area contributed by atoms with Crippen molar-refractivity contribution in [1.82, 2.24) is 10.2 Å². The van der Waals surface area contributed by atoms with E-state index in [9.17, 15) is 4.79 Å². The van der Waals surface area contributed by atoms with Crippen molar-refractivity contribution in [3.63, 3.8) is 0 Å². The maximum Gasteiger partial charge on any atom is 0.246 e. The van der Waals surface area contributed by atoms with Crippen molar-refractivity contribution in [2.75, 3.05) is 13.1 Å². The van der Waals surface area contributed by atoms with Gasteiger partial charge in [-0.1, -0.05) is 50.1 Å². The van der Waals surface area contributed by atoms with E-state index < -0.39 is 0 Å². The van der Waals surface area contributed by atoms with Crippen molar-refractivity contribution >= 4 is 5.91 Å². The third-order valence-corrected chi connectivity index (χ3v) is 4.52. The smallest absolute Gasteiger partial charge is 0.246 e. The Morgan fingerprint density at radius 1 is 1.13 bits per heavy atom. The van der Waals surface area contributed by atoms with Crippen LogP contribution in [0.2, 0.25) is 0 Å². The summed E-state index contributed by atoms with van der Waals surface area (Å²) in [6.07, 6.45) is 8.19. The molecular weight excluding hydrogens is 284 g/mol. The summed E-state index contributed by atoms with van der Waals surface area (Å²) >= 11 is 0. The number of carbonyl (C=O) groups is 1. The van der Waals surface area contributed by atoms with Crippen LogP contribution in [0, 0.1) is 0 Å². The average Bonchev–Trinajstić information content (AvgIpc) is 2.82. The number of allylic oxidation sites excluding steroid dienone is 1. The third-order valence-electron chi connectivity index (χ3n) is 4.52. The van der Waals surface area contributed by atoms with E-state index in [1.807, 2.05) is 19.9 Å². The van der Waals surface area contributed by atoms with E-state index in [1.165, 1.54) is 49.9 Å². The van der Waals surface area contributed by atoms with Crippen molar-refractivity contribution < 1.29 is 4.79 Å². The van der Waals surface area contributed by atoms with Gasteiger partial charge in [-0.3, -0.25) is 9.69 Å². The van der Waals surface area contributed by atoms with Crippen LogP contribution in [0.4, 0.5) is 0 Å². The first-order valence-corrected chi connectivity index (χ1v) is 8.94. The Morgan fingerprint density at radius 3 is 2.43 bits per heavy atom. The van der Waals surface area contributed by atoms with Gasteiger partial charge in [0.2, 0.25) is 5.91 Å². The number of benzene rings is 1. The highest BCUT2D eigenvalue weighted by molar-refractivity contribution is 5.92. The van der Waals surface area contributed by atoms with Gasteiger partial charge in [-0.25, -0.2) is 0 Å². The van der Waals surface area contributed by atoms with Crippen LogP contribution in [0.25, 0.3) is 0 Å². The summed E-state index contributed by atoms with van der Waals surface area (Å²) in [4.78, 5) is 14.6. The zero-order valence-electron chi connectivity index (χ0n) is 14.6. The molecule has 3 heteroatoms. The Hall–Kier alpha value is -1.61. The SMILES string of the molecule is CC/C=C(/C)C(=O)NCc1ccccc1CN1CCCCCC1. The lowest BCUT2D eigenvalue weighted by Crippen LogP contribution is -2.27. The lowest BCUT2D eigenvalue weighted by Gasteiger charge is -2.21. The molecule has 0 bridgehead atoms. The van der Waals surface area contributed by atoms with Gasteiger partial charge in [-0.15, -0.1) is 0 Å². The fourth-order valence-electron chi connectivity index (χ4n) is 3.13. The van der Waals surface area contributed by atoms with E-state index in [-0.39, 0.29) is 5.91 Å². The van der Waals surface area contributed by atoms with Crippen LogP contribution in [0.1, 0.15) is 57.1 Å². The minimum atomic E-state index is 0.0384. The molecule has 1 aromatic carbocycles. The molecule has 23 heavy (non-hydrogen) atoms. The molecule has 0 atom stereocenters. The lowest BCUT2D eigenvalue weighted by atomic mass is 10.1. The minimum Gasteiger partial charge on any atom is -0.348 e. The summed E-state index contributed by atoms with van der Waals surface area (Å²) < 4.78 is 0. The van der Waals surface area contributed by atoms with Crippen molar-refractivity contribution in [3.8, 4) is 0 Å².